The van der Waals surface area contributed by atoms with Crippen LogP contribution in [0, 0.1) is 11.3 Å². The summed E-state index contributed by atoms with van der Waals surface area (Å²) in [6, 6.07) is 22.5. The third-order valence-corrected chi connectivity index (χ3v) is 6.61. The molecular weight excluding hydrogens is 370 g/mol. The number of benzene rings is 3. The highest BCUT2D eigenvalue weighted by Gasteiger charge is 2.27. The van der Waals surface area contributed by atoms with Gasteiger partial charge >= 0.3 is 0 Å². The third-order valence-electron chi connectivity index (χ3n) is 5.09. The minimum Gasteiger partial charge on any atom is -0.297 e. The van der Waals surface area contributed by atoms with Gasteiger partial charge in [-0.2, -0.15) is 5.26 Å². The van der Waals surface area contributed by atoms with E-state index in [9.17, 15) is 8.42 Å². The quantitative estimate of drug-likeness (QED) is 0.724. The van der Waals surface area contributed by atoms with E-state index in [1.54, 1.807) is 18.2 Å². The molecule has 1 aliphatic rings. The summed E-state index contributed by atoms with van der Waals surface area (Å²) >= 11 is 0. The Bertz CT molecular complexity index is 1150. The van der Waals surface area contributed by atoms with Crippen LogP contribution in [0.25, 0.3) is 10.8 Å². The maximum absolute atomic E-state index is 12.8. The first kappa shape index (κ1) is 18.6. The minimum absolute atomic E-state index is 0.115. The summed E-state index contributed by atoms with van der Waals surface area (Å²) in [5, 5.41) is 11.0. The lowest BCUT2D eigenvalue weighted by Crippen LogP contribution is -2.36. The molecule has 1 heterocycles. The van der Waals surface area contributed by atoms with Crippen LogP contribution in [-0.2, 0) is 16.6 Å². The average Bonchev–Trinajstić information content (AvgIpc) is 3.13. The first-order valence-corrected chi connectivity index (χ1v) is 10.7. The molecule has 1 N–H and O–H groups in total. The molecule has 0 saturated carbocycles. The molecule has 0 spiro atoms. The monoisotopic (exact) mass is 391 g/mol. The van der Waals surface area contributed by atoms with E-state index < -0.39 is 10.0 Å². The summed E-state index contributed by atoms with van der Waals surface area (Å²) in [6.45, 7) is 2.19. The van der Waals surface area contributed by atoms with Gasteiger partial charge in [0.15, 0.2) is 0 Å². The predicted molar refractivity (Wildman–Crippen MR) is 109 cm³/mol. The van der Waals surface area contributed by atoms with Crippen LogP contribution in [0.15, 0.2) is 71.6 Å². The fourth-order valence-corrected chi connectivity index (χ4v) is 4.99. The molecule has 5 nitrogen and oxygen atoms in total. The number of hydrogen-bond donors (Lipinski definition) is 1. The van der Waals surface area contributed by atoms with Crippen molar-refractivity contribution in [2.24, 2.45) is 0 Å². The second-order valence-corrected chi connectivity index (χ2v) is 8.88. The van der Waals surface area contributed by atoms with Gasteiger partial charge in [-0.25, -0.2) is 13.1 Å². The molecule has 0 radical (unpaired) electrons. The smallest absolute Gasteiger partial charge is 0.240 e. The van der Waals surface area contributed by atoms with Crippen LogP contribution in [0.2, 0.25) is 0 Å². The molecule has 142 valence electrons. The van der Waals surface area contributed by atoms with Crippen molar-refractivity contribution in [3.63, 3.8) is 0 Å². The molecule has 1 atom stereocenters. The van der Waals surface area contributed by atoms with Gasteiger partial charge < -0.3 is 0 Å². The van der Waals surface area contributed by atoms with E-state index in [1.165, 1.54) is 0 Å². The fourth-order valence-electron chi connectivity index (χ4n) is 3.69. The van der Waals surface area contributed by atoms with Gasteiger partial charge in [0.1, 0.15) is 0 Å². The van der Waals surface area contributed by atoms with Crippen molar-refractivity contribution in [3.05, 3.63) is 77.9 Å². The first-order valence-electron chi connectivity index (χ1n) is 9.26. The normalized spacial score (nSPS) is 17.6. The number of sulfonamides is 1. The Hall–Kier alpha value is -2.72. The zero-order valence-electron chi connectivity index (χ0n) is 15.4. The molecule has 0 amide bonds. The molecule has 0 aromatic heterocycles. The van der Waals surface area contributed by atoms with Gasteiger partial charge in [0, 0.05) is 25.7 Å². The highest BCUT2D eigenvalue weighted by Crippen LogP contribution is 2.21. The van der Waals surface area contributed by atoms with Gasteiger partial charge in [-0.15, -0.1) is 0 Å². The Balaban J connectivity index is 1.43. The van der Waals surface area contributed by atoms with Crippen molar-refractivity contribution in [2.75, 3.05) is 13.1 Å². The van der Waals surface area contributed by atoms with Gasteiger partial charge in [0.2, 0.25) is 10.0 Å². The molecular formula is C22H21N3O2S. The topological polar surface area (TPSA) is 73.2 Å². The Labute approximate surface area is 165 Å². The number of fused-ring (bicyclic) bond motifs is 1. The lowest BCUT2D eigenvalue weighted by Gasteiger charge is -2.17. The molecule has 3 aromatic rings. The Morgan fingerprint density at radius 3 is 2.68 bits per heavy atom. The summed E-state index contributed by atoms with van der Waals surface area (Å²) < 4.78 is 28.5. The number of rotatable bonds is 5. The van der Waals surface area contributed by atoms with Crippen molar-refractivity contribution >= 4 is 20.8 Å². The van der Waals surface area contributed by atoms with Gasteiger partial charge in [-0.1, -0.05) is 42.5 Å². The fraction of sp³-hybridized carbons (Fsp3) is 0.227. The van der Waals surface area contributed by atoms with Gasteiger partial charge in [-0.05, 0) is 47.0 Å². The van der Waals surface area contributed by atoms with Crippen LogP contribution in [-0.4, -0.2) is 32.4 Å². The van der Waals surface area contributed by atoms with Crippen LogP contribution in [0.4, 0.5) is 0 Å². The number of nitrogens with one attached hydrogen (secondary N) is 1. The minimum atomic E-state index is -3.56. The molecule has 1 fully saturated rings. The molecule has 0 unspecified atom stereocenters. The largest absolute Gasteiger partial charge is 0.297 e. The highest BCUT2D eigenvalue weighted by atomic mass is 32.2. The van der Waals surface area contributed by atoms with Crippen molar-refractivity contribution in [2.45, 2.75) is 23.9 Å². The first-order chi connectivity index (χ1) is 13.5. The summed E-state index contributed by atoms with van der Waals surface area (Å²) in [7, 11) is -3.56. The van der Waals surface area contributed by atoms with Gasteiger partial charge in [-0.3, -0.25) is 4.90 Å². The Kier molecular flexibility index (Phi) is 5.14. The van der Waals surface area contributed by atoms with Crippen molar-refractivity contribution in [1.82, 2.24) is 9.62 Å². The van der Waals surface area contributed by atoms with E-state index >= 15 is 0 Å². The predicted octanol–water partition coefficient (Wildman–Crippen LogP) is 3.26. The van der Waals surface area contributed by atoms with E-state index in [1.807, 2.05) is 48.5 Å². The molecule has 1 saturated heterocycles. The zero-order valence-corrected chi connectivity index (χ0v) is 16.2. The standard InChI is InChI=1S/C22H21N3O2S/c23-14-17-4-3-5-18(12-17)15-25-11-10-21(16-25)24-28(26,27)22-9-8-19-6-1-2-7-20(19)13-22/h1-9,12-13,21,24H,10-11,15-16H2/t21-/m0/s1. The summed E-state index contributed by atoms with van der Waals surface area (Å²) in [5.74, 6) is 0. The maximum atomic E-state index is 12.8. The molecule has 28 heavy (non-hydrogen) atoms. The Morgan fingerprint density at radius 1 is 1.04 bits per heavy atom. The van der Waals surface area contributed by atoms with Crippen LogP contribution < -0.4 is 4.72 Å². The number of likely N-dealkylation sites (tertiary alicyclic amines) is 1. The van der Waals surface area contributed by atoms with Gasteiger partial charge in [0.25, 0.3) is 0 Å². The number of nitriles is 1. The molecule has 6 heteroatoms. The number of hydrogen-bond acceptors (Lipinski definition) is 4. The van der Waals surface area contributed by atoms with E-state index in [0.717, 1.165) is 29.3 Å². The Morgan fingerprint density at radius 2 is 1.86 bits per heavy atom. The number of nitrogens with zero attached hydrogens (tertiary/aromatic N) is 2. The summed E-state index contributed by atoms with van der Waals surface area (Å²) in [4.78, 5) is 2.51. The SMILES string of the molecule is N#Cc1cccc(CN2CC[C@H](NS(=O)(=O)c3ccc4ccccc4c3)C2)c1. The molecule has 1 aliphatic heterocycles. The van der Waals surface area contributed by atoms with Crippen molar-refractivity contribution in [1.29, 1.82) is 5.26 Å². The van der Waals surface area contributed by atoms with Crippen LogP contribution >= 0.6 is 0 Å². The van der Waals surface area contributed by atoms with E-state index in [0.29, 0.717) is 23.5 Å². The van der Waals surface area contributed by atoms with Crippen LogP contribution in [0.3, 0.4) is 0 Å². The average molecular weight is 391 g/mol. The molecule has 3 aromatic carbocycles. The van der Waals surface area contributed by atoms with Gasteiger partial charge in [0.05, 0.1) is 16.5 Å². The molecule has 0 aliphatic carbocycles. The summed E-state index contributed by atoms with van der Waals surface area (Å²) in [6.07, 6.45) is 0.769. The lowest BCUT2D eigenvalue weighted by molar-refractivity contribution is 0.324. The molecule has 0 bridgehead atoms. The lowest BCUT2D eigenvalue weighted by atomic mass is 10.1. The van der Waals surface area contributed by atoms with E-state index in [2.05, 4.69) is 15.7 Å². The summed E-state index contributed by atoms with van der Waals surface area (Å²) in [5.41, 5.74) is 1.71. The highest BCUT2D eigenvalue weighted by molar-refractivity contribution is 7.89. The maximum Gasteiger partial charge on any atom is 0.240 e. The van der Waals surface area contributed by atoms with Crippen LogP contribution in [0.5, 0.6) is 0 Å². The second-order valence-electron chi connectivity index (χ2n) is 7.16. The second kappa shape index (κ2) is 7.72. The van der Waals surface area contributed by atoms with E-state index in [-0.39, 0.29) is 6.04 Å². The zero-order chi connectivity index (χ0) is 19.6. The van der Waals surface area contributed by atoms with E-state index in [4.69, 9.17) is 5.26 Å². The van der Waals surface area contributed by atoms with Crippen molar-refractivity contribution in [3.8, 4) is 6.07 Å². The molecule has 4 rings (SSSR count). The third kappa shape index (κ3) is 4.07. The van der Waals surface area contributed by atoms with Crippen molar-refractivity contribution < 1.29 is 8.42 Å². The van der Waals surface area contributed by atoms with Crippen LogP contribution in [0.1, 0.15) is 17.5 Å².